The Hall–Kier alpha value is -0.630. The smallest absolute Gasteiger partial charge is 0.169 e. The van der Waals surface area contributed by atoms with Crippen LogP contribution in [-0.2, 0) is 0 Å². The molecule has 1 rings (SSSR count). The summed E-state index contributed by atoms with van der Waals surface area (Å²) < 4.78 is 0. The predicted octanol–water partition coefficient (Wildman–Crippen LogP) is 3.29. The molecular weight excluding hydrogens is 156 g/mol. The highest BCUT2D eigenvalue weighted by Gasteiger charge is 1.99. The third-order valence-electron chi connectivity index (χ3n) is 1.09. The molecule has 0 fully saturated rings. The molecule has 0 spiro atoms. The molecule has 1 heterocycles. The lowest BCUT2D eigenvalue weighted by Crippen LogP contribution is -1.83. The zero-order valence-corrected chi connectivity index (χ0v) is 8.29. The largest absolute Gasteiger partial charge is 0.294 e. The van der Waals surface area contributed by atoms with Crippen LogP contribution in [-0.4, -0.2) is 5.78 Å². The molecule has 1 aromatic heterocycles. The number of hydrogen-bond donors (Lipinski definition) is 0. The summed E-state index contributed by atoms with van der Waals surface area (Å²) in [6.07, 6.45) is 0. The Morgan fingerprint density at radius 3 is 2.09 bits per heavy atom. The molecule has 0 saturated carbocycles. The SMILES string of the molecule is CC.CC(=O)c1ccc(C)s1. The first-order valence-corrected chi connectivity index (χ1v) is 4.59. The van der Waals surface area contributed by atoms with Crippen LogP contribution in [0.2, 0.25) is 0 Å². The van der Waals surface area contributed by atoms with E-state index in [2.05, 4.69) is 0 Å². The topological polar surface area (TPSA) is 17.1 Å². The van der Waals surface area contributed by atoms with Crippen LogP contribution in [0.4, 0.5) is 0 Å². The van der Waals surface area contributed by atoms with Gasteiger partial charge in [-0.1, -0.05) is 13.8 Å². The van der Waals surface area contributed by atoms with Crippen LogP contribution in [0, 0.1) is 6.92 Å². The molecule has 1 nitrogen and oxygen atoms in total. The Morgan fingerprint density at radius 1 is 1.36 bits per heavy atom. The minimum Gasteiger partial charge on any atom is -0.294 e. The maximum atomic E-state index is 10.7. The number of ketones is 1. The van der Waals surface area contributed by atoms with E-state index in [9.17, 15) is 4.79 Å². The lowest BCUT2D eigenvalue weighted by molar-refractivity contribution is 0.102. The number of rotatable bonds is 1. The summed E-state index contributed by atoms with van der Waals surface area (Å²) in [5.41, 5.74) is 0. The molecule has 0 aliphatic rings. The van der Waals surface area contributed by atoms with Gasteiger partial charge in [-0.05, 0) is 26.0 Å². The van der Waals surface area contributed by atoms with Crippen molar-refractivity contribution in [1.29, 1.82) is 0 Å². The molecule has 11 heavy (non-hydrogen) atoms. The Kier molecular flexibility index (Phi) is 4.79. The molecule has 0 atom stereocenters. The highest BCUT2D eigenvalue weighted by molar-refractivity contribution is 7.13. The highest BCUT2D eigenvalue weighted by atomic mass is 32.1. The molecular formula is C9H14OS. The number of aryl methyl sites for hydroxylation is 1. The van der Waals surface area contributed by atoms with Gasteiger partial charge in [0.05, 0.1) is 4.88 Å². The monoisotopic (exact) mass is 170 g/mol. The molecule has 0 radical (unpaired) electrons. The second kappa shape index (κ2) is 5.08. The summed E-state index contributed by atoms with van der Waals surface area (Å²) in [6, 6.07) is 3.82. The van der Waals surface area contributed by atoms with Gasteiger partial charge in [-0.25, -0.2) is 0 Å². The van der Waals surface area contributed by atoms with E-state index < -0.39 is 0 Å². The summed E-state index contributed by atoms with van der Waals surface area (Å²) in [6.45, 7) is 7.59. The summed E-state index contributed by atoms with van der Waals surface area (Å²) in [4.78, 5) is 12.7. The first-order valence-electron chi connectivity index (χ1n) is 3.77. The minimum atomic E-state index is 0.160. The minimum absolute atomic E-state index is 0.160. The van der Waals surface area contributed by atoms with Crippen molar-refractivity contribution in [2.24, 2.45) is 0 Å². The van der Waals surface area contributed by atoms with Gasteiger partial charge >= 0.3 is 0 Å². The van der Waals surface area contributed by atoms with Gasteiger partial charge in [0.2, 0.25) is 0 Å². The van der Waals surface area contributed by atoms with Crippen molar-refractivity contribution in [2.45, 2.75) is 27.7 Å². The lowest BCUT2D eigenvalue weighted by atomic mass is 10.3. The number of carbonyl (C=O) groups is 1. The quantitative estimate of drug-likeness (QED) is 0.591. The standard InChI is InChI=1S/C7H8OS.C2H6/c1-5-3-4-7(9-5)6(2)8;1-2/h3-4H,1-2H3;1-2H3. The van der Waals surface area contributed by atoms with Gasteiger partial charge in [0.15, 0.2) is 5.78 Å². The zero-order chi connectivity index (χ0) is 8.85. The number of thiophene rings is 1. The first kappa shape index (κ1) is 10.4. The van der Waals surface area contributed by atoms with Crippen LogP contribution in [0.1, 0.15) is 35.3 Å². The van der Waals surface area contributed by atoms with Crippen molar-refractivity contribution >= 4 is 17.1 Å². The van der Waals surface area contributed by atoms with Crippen LogP contribution in [0.25, 0.3) is 0 Å². The van der Waals surface area contributed by atoms with Crippen LogP contribution >= 0.6 is 11.3 Å². The van der Waals surface area contributed by atoms with Crippen LogP contribution < -0.4 is 0 Å². The maximum absolute atomic E-state index is 10.7. The molecule has 1 aromatic rings. The van der Waals surface area contributed by atoms with Crippen molar-refractivity contribution in [3.05, 3.63) is 21.9 Å². The fraction of sp³-hybridized carbons (Fsp3) is 0.444. The number of carbonyl (C=O) groups excluding carboxylic acids is 1. The van der Waals surface area contributed by atoms with Gasteiger partial charge in [0, 0.05) is 4.88 Å². The average Bonchev–Trinajstić information content (AvgIpc) is 2.40. The van der Waals surface area contributed by atoms with E-state index in [0.717, 1.165) is 4.88 Å². The van der Waals surface area contributed by atoms with Crippen LogP contribution in [0.5, 0.6) is 0 Å². The number of Topliss-reactive ketones (excluding diaryl/α,β-unsaturated/α-hetero) is 1. The van der Waals surface area contributed by atoms with Crippen LogP contribution in [0.15, 0.2) is 12.1 Å². The highest BCUT2D eigenvalue weighted by Crippen LogP contribution is 2.14. The van der Waals surface area contributed by atoms with E-state index >= 15 is 0 Å². The molecule has 0 aliphatic heterocycles. The Morgan fingerprint density at radius 2 is 1.91 bits per heavy atom. The molecule has 0 aliphatic carbocycles. The zero-order valence-electron chi connectivity index (χ0n) is 7.47. The van der Waals surface area contributed by atoms with E-state index in [1.165, 1.54) is 4.88 Å². The Balaban J connectivity index is 0.000000461. The van der Waals surface area contributed by atoms with E-state index in [-0.39, 0.29) is 5.78 Å². The molecule has 62 valence electrons. The van der Waals surface area contributed by atoms with Gasteiger partial charge in [0.1, 0.15) is 0 Å². The second-order valence-electron chi connectivity index (χ2n) is 1.97. The summed E-state index contributed by atoms with van der Waals surface area (Å²) in [5.74, 6) is 0.160. The maximum Gasteiger partial charge on any atom is 0.169 e. The van der Waals surface area contributed by atoms with Crippen molar-refractivity contribution in [1.82, 2.24) is 0 Å². The van der Waals surface area contributed by atoms with Gasteiger partial charge in [-0.15, -0.1) is 11.3 Å². The predicted molar refractivity (Wildman–Crippen MR) is 50.4 cm³/mol. The van der Waals surface area contributed by atoms with Gasteiger partial charge in [0.25, 0.3) is 0 Å². The van der Waals surface area contributed by atoms with Crippen molar-refractivity contribution < 1.29 is 4.79 Å². The summed E-state index contributed by atoms with van der Waals surface area (Å²) >= 11 is 1.55. The van der Waals surface area contributed by atoms with E-state index in [1.54, 1.807) is 18.3 Å². The van der Waals surface area contributed by atoms with Crippen molar-refractivity contribution in [3.63, 3.8) is 0 Å². The normalized spacial score (nSPS) is 8.36. The molecule has 0 aromatic carbocycles. The van der Waals surface area contributed by atoms with E-state index in [0.29, 0.717) is 0 Å². The summed E-state index contributed by atoms with van der Waals surface area (Å²) in [5, 5.41) is 0. The Bertz CT molecular complexity index is 225. The first-order chi connectivity index (χ1) is 5.20. The number of hydrogen-bond acceptors (Lipinski definition) is 2. The van der Waals surface area contributed by atoms with Crippen molar-refractivity contribution in [3.8, 4) is 0 Å². The Labute approximate surface area is 72.1 Å². The van der Waals surface area contributed by atoms with Crippen LogP contribution in [0.3, 0.4) is 0 Å². The molecule has 0 saturated heterocycles. The van der Waals surface area contributed by atoms with Gasteiger partial charge < -0.3 is 0 Å². The fourth-order valence-corrected chi connectivity index (χ4v) is 1.39. The lowest BCUT2D eigenvalue weighted by Gasteiger charge is -1.81. The second-order valence-corrected chi connectivity index (χ2v) is 3.25. The molecule has 0 unspecified atom stereocenters. The summed E-state index contributed by atoms with van der Waals surface area (Å²) in [7, 11) is 0. The molecule has 2 heteroatoms. The average molecular weight is 170 g/mol. The van der Waals surface area contributed by atoms with E-state index in [1.807, 2.05) is 32.9 Å². The van der Waals surface area contributed by atoms with Gasteiger partial charge in [-0.3, -0.25) is 4.79 Å². The van der Waals surface area contributed by atoms with E-state index in [4.69, 9.17) is 0 Å². The third kappa shape index (κ3) is 3.33. The molecule has 0 bridgehead atoms. The fourth-order valence-electron chi connectivity index (χ4n) is 0.624. The third-order valence-corrected chi connectivity index (χ3v) is 2.19. The van der Waals surface area contributed by atoms with Gasteiger partial charge in [-0.2, -0.15) is 0 Å². The molecule has 0 amide bonds. The van der Waals surface area contributed by atoms with Crippen molar-refractivity contribution in [2.75, 3.05) is 0 Å². The molecule has 0 N–H and O–H groups in total.